The third kappa shape index (κ3) is 2.57. The van der Waals surface area contributed by atoms with Crippen molar-refractivity contribution in [3.8, 4) is 0 Å². The zero-order chi connectivity index (χ0) is 8.97. The van der Waals surface area contributed by atoms with Crippen molar-refractivity contribution in [1.29, 1.82) is 0 Å². The molecule has 0 saturated carbocycles. The molecule has 0 fully saturated rings. The Labute approximate surface area is 73.2 Å². The molecular weight excluding hydrogens is 149 g/mol. The van der Waals surface area contributed by atoms with Gasteiger partial charge in [-0.3, -0.25) is 0 Å². The zero-order valence-corrected chi connectivity index (χ0v) is 7.45. The minimum absolute atomic E-state index is 0.216. The van der Waals surface area contributed by atoms with Crippen LogP contribution in [0.3, 0.4) is 0 Å². The molecule has 0 amide bonds. The van der Waals surface area contributed by atoms with Crippen molar-refractivity contribution in [2.45, 2.75) is 26.2 Å². The molecular formula is C9H12BNO. The molecule has 62 valence electrons. The van der Waals surface area contributed by atoms with Gasteiger partial charge in [-0.05, 0) is 0 Å². The molecule has 1 aromatic rings. The van der Waals surface area contributed by atoms with Crippen molar-refractivity contribution in [3.05, 3.63) is 23.8 Å². The van der Waals surface area contributed by atoms with E-state index in [1.54, 1.807) is 13.1 Å². The average molecular weight is 161 g/mol. The van der Waals surface area contributed by atoms with E-state index in [1.807, 2.05) is 25.8 Å². The molecule has 0 spiro atoms. The van der Waals surface area contributed by atoms with E-state index in [1.165, 1.54) is 0 Å². The molecule has 12 heavy (non-hydrogen) atoms. The first-order chi connectivity index (χ1) is 5.70. The molecule has 0 aliphatic carbocycles. The zero-order valence-electron chi connectivity index (χ0n) is 7.45. The standard InChI is InChI=1S/C9H12BNO/c1-7(5-8(2)12)9-6-10-3-4-11-9/h3-4,6-7H,5H2,1-2H3. The normalized spacial score (nSPS) is 12.2. The van der Waals surface area contributed by atoms with Gasteiger partial charge in [0.2, 0.25) is 0 Å². The molecule has 0 bridgehead atoms. The quantitative estimate of drug-likeness (QED) is 0.672. The molecule has 0 saturated heterocycles. The Kier molecular flexibility index (Phi) is 3.14. The van der Waals surface area contributed by atoms with Crippen molar-refractivity contribution >= 4 is 12.7 Å². The number of hydrogen-bond acceptors (Lipinski definition) is 2. The topological polar surface area (TPSA) is 30.0 Å². The maximum atomic E-state index is 10.8. The average Bonchev–Trinajstić information content (AvgIpc) is 2.05. The molecule has 0 aliphatic rings. The molecule has 0 N–H and O–H groups in total. The van der Waals surface area contributed by atoms with Gasteiger partial charge in [0, 0.05) is 0 Å². The van der Waals surface area contributed by atoms with E-state index in [-0.39, 0.29) is 11.7 Å². The van der Waals surface area contributed by atoms with Crippen LogP contribution < -0.4 is 0 Å². The molecule has 0 aromatic carbocycles. The van der Waals surface area contributed by atoms with Gasteiger partial charge in [-0.2, -0.15) is 0 Å². The summed E-state index contributed by atoms with van der Waals surface area (Å²) >= 11 is 0. The molecule has 2 nitrogen and oxygen atoms in total. The summed E-state index contributed by atoms with van der Waals surface area (Å²) in [5.41, 5.74) is 0.993. The van der Waals surface area contributed by atoms with Gasteiger partial charge in [-0.25, -0.2) is 0 Å². The first-order valence-electron chi connectivity index (χ1n) is 4.10. The number of carbonyl (C=O) groups excluding carboxylic acids is 1. The van der Waals surface area contributed by atoms with Crippen molar-refractivity contribution in [3.63, 3.8) is 0 Å². The fourth-order valence-electron chi connectivity index (χ4n) is 1.20. The van der Waals surface area contributed by atoms with Gasteiger partial charge >= 0.3 is 72.5 Å². The summed E-state index contributed by atoms with van der Waals surface area (Å²) in [5.74, 6) is 4.29. The van der Waals surface area contributed by atoms with E-state index in [0.717, 1.165) is 5.69 Å². The van der Waals surface area contributed by atoms with E-state index in [2.05, 4.69) is 4.98 Å². The van der Waals surface area contributed by atoms with E-state index >= 15 is 0 Å². The van der Waals surface area contributed by atoms with Crippen molar-refractivity contribution in [2.24, 2.45) is 0 Å². The Bertz CT molecular complexity index is 260. The SMILES string of the molecule is CC(=O)CC(C)c1cbccn1. The second-order valence-corrected chi connectivity index (χ2v) is 3.06. The number of aromatic nitrogens is 1. The third-order valence-electron chi connectivity index (χ3n) is 1.79. The molecule has 3 heteroatoms. The van der Waals surface area contributed by atoms with Gasteiger partial charge < -0.3 is 0 Å². The molecule has 1 aromatic heterocycles. The number of carbonyl (C=O) groups is 1. The van der Waals surface area contributed by atoms with E-state index in [0.29, 0.717) is 6.42 Å². The summed E-state index contributed by atoms with van der Waals surface area (Å²) in [5, 5.41) is 0. The second-order valence-electron chi connectivity index (χ2n) is 3.06. The molecule has 0 radical (unpaired) electrons. The van der Waals surface area contributed by atoms with E-state index in [4.69, 9.17) is 0 Å². The van der Waals surface area contributed by atoms with Crippen LogP contribution in [-0.4, -0.2) is 17.7 Å². The van der Waals surface area contributed by atoms with Gasteiger partial charge in [0.05, 0.1) is 0 Å². The summed E-state index contributed by atoms with van der Waals surface area (Å²) in [7, 11) is 0. The van der Waals surface area contributed by atoms with Gasteiger partial charge in [-0.1, -0.05) is 0 Å². The van der Waals surface area contributed by atoms with Crippen molar-refractivity contribution < 1.29 is 4.79 Å². The van der Waals surface area contributed by atoms with Gasteiger partial charge in [0.15, 0.2) is 0 Å². The van der Waals surface area contributed by atoms with E-state index < -0.39 is 0 Å². The predicted molar refractivity (Wildman–Crippen MR) is 49.3 cm³/mol. The number of nitrogens with zero attached hydrogens (tertiary/aromatic N) is 1. The van der Waals surface area contributed by atoms with Crippen LogP contribution in [0.4, 0.5) is 0 Å². The molecule has 1 heterocycles. The fraction of sp³-hybridized carbons (Fsp3) is 0.444. The molecule has 0 aliphatic heterocycles. The van der Waals surface area contributed by atoms with Crippen LogP contribution in [0, 0.1) is 0 Å². The maximum absolute atomic E-state index is 10.8. The summed E-state index contributed by atoms with van der Waals surface area (Å²) in [6, 6.07) is 0. The summed E-state index contributed by atoms with van der Waals surface area (Å²) in [6.07, 6.45) is 2.34. The summed E-state index contributed by atoms with van der Waals surface area (Å²) < 4.78 is 0. The van der Waals surface area contributed by atoms with Crippen LogP contribution in [0.15, 0.2) is 18.1 Å². The van der Waals surface area contributed by atoms with Crippen LogP contribution in [0.1, 0.15) is 31.9 Å². The molecule has 1 atom stereocenters. The Hall–Kier alpha value is -0.985. The minimum atomic E-state index is 0.216. The van der Waals surface area contributed by atoms with Gasteiger partial charge in [-0.15, -0.1) is 0 Å². The number of ketones is 1. The van der Waals surface area contributed by atoms with Crippen LogP contribution >= 0.6 is 0 Å². The molecule has 1 rings (SSSR count). The van der Waals surface area contributed by atoms with Gasteiger partial charge in [0.25, 0.3) is 0 Å². The molecule has 1 unspecified atom stereocenters. The van der Waals surface area contributed by atoms with Crippen molar-refractivity contribution in [1.82, 2.24) is 4.98 Å². The van der Waals surface area contributed by atoms with Gasteiger partial charge in [0.1, 0.15) is 0 Å². The van der Waals surface area contributed by atoms with E-state index in [9.17, 15) is 4.79 Å². The summed E-state index contributed by atoms with van der Waals surface area (Å²) in [6.45, 7) is 5.57. The Morgan fingerprint density at radius 1 is 1.75 bits per heavy atom. The number of hydrogen-bond donors (Lipinski definition) is 0. The first-order valence-corrected chi connectivity index (χ1v) is 4.10. The third-order valence-corrected chi connectivity index (χ3v) is 1.79. The number of Topliss-reactive ketones (excluding diaryl/α,β-unsaturated/α-hetero) is 1. The first kappa shape index (κ1) is 9.11. The monoisotopic (exact) mass is 161 g/mol. The number of rotatable bonds is 3. The van der Waals surface area contributed by atoms with Crippen LogP contribution in [-0.2, 0) is 4.79 Å². The Morgan fingerprint density at radius 3 is 3.00 bits per heavy atom. The van der Waals surface area contributed by atoms with Crippen LogP contribution in [0.5, 0.6) is 0 Å². The second kappa shape index (κ2) is 4.14. The Morgan fingerprint density at radius 2 is 2.50 bits per heavy atom. The summed E-state index contributed by atoms with van der Waals surface area (Å²) in [4.78, 5) is 15.0. The van der Waals surface area contributed by atoms with Crippen molar-refractivity contribution in [2.75, 3.05) is 0 Å². The van der Waals surface area contributed by atoms with Crippen LogP contribution in [0.25, 0.3) is 0 Å². The fourth-order valence-corrected chi connectivity index (χ4v) is 1.20. The Balaban J connectivity index is 2.65. The predicted octanol–water partition coefficient (Wildman–Crippen LogP) is 1.50. The van der Waals surface area contributed by atoms with Crippen LogP contribution in [0.2, 0.25) is 0 Å².